The molecule has 1 unspecified atom stereocenters. The predicted molar refractivity (Wildman–Crippen MR) is 74.8 cm³/mol. The van der Waals surface area contributed by atoms with E-state index < -0.39 is 0 Å². The number of nitrogens with one attached hydrogen (secondary N) is 1. The molecule has 3 nitrogen and oxygen atoms in total. The van der Waals surface area contributed by atoms with Gasteiger partial charge in [0.15, 0.2) is 0 Å². The van der Waals surface area contributed by atoms with Gasteiger partial charge in [-0.1, -0.05) is 30.7 Å². The molecule has 0 bridgehead atoms. The molecule has 1 heterocycles. The lowest BCUT2D eigenvalue weighted by Gasteiger charge is -2.09. The highest BCUT2D eigenvalue weighted by molar-refractivity contribution is 6.30. The van der Waals surface area contributed by atoms with Crippen molar-refractivity contribution >= 4 is 11.6 Å². The molecule has 102 valence electrons. The lowest BCUT2D eigenvalue weighted by atomic mass is 10.2. The summed E-state index contributed by atoms with van der Waals surface area (Å²) in [5.74, 6) is -0.374. The van der Waals surface area contributed by atoms with Crippen LogP contribution in [0.25, 0.3) is 0 Å². The first-order chi connectivity index (χ1) is 9.11. The second-order valence-electron chi connectivity index (χ2n) is 4.46. The maximum Gasteiger partial charge on any atom is 0.146 e. The Morgan fingerprint density at radius 2 is 2.26 bits per heavy atom. The van der Waals surface area contributed by atoms with E-state index >= 15 is 0 Å². The summed E-state index contributed by atoms with van der Waals surface area (Å²) in [4.78, 5) is 0. The Morgan fingerprint density at radius 1 is 1.47 bits per heavy atom. The number of halogens is 2. The molecule has 0 saturated carbocycles. The van der Waals surface area contributed by atoms with Crippen molar-refractivity contribution in [3.05, 3.63) is 52.6 Å². The SMILES string of the molecule is CCNC(C)c1cnn(Cc2cccc(Cl)c2F)c1. The van der Waals surface area contributed by atoms with E-state index in [0.717, 1.165) is 12.1 Å². The van der Waals surface area contributed by atoms with Crippen LogP contribution >= 0.6 is 11.6 Å². The molecule has 0 amide bonds. The Bertz CT molecular complexity index is 553. The minimum absolute atomic E-state index is 0.144. The zero-order chi connectivity index (χ0) is 13.8. The van der Waals surface area contributed by atoms with Crippen LogP contribution in [0.3, 0.4) is 0 Å². The van der Waals surface area contributed by atoms with Crippen molar-refractivity contribution < 1.29 is 4.39 Å². The summed E-state index contributed by atoms with van der Waals surface area (Å²) < 4.78 is 15.5. The van der Waals surface area contributed by atoms with Gasteiger partial charge in [0.1, 0.15) is 5.82 Å². The van der Waals surface area contributed by atoms with Gasteiger partial charge in [0.05, 0.1) is 17.8 Å². The predicted octanol–water partition coefficient (Wildman–Crippen LogP) is 3.39. The highest BCUT2D eigenvalue weighted by atomic mass is 35.5. The smallest absolute Gasteiger partial charge is 0.146 e. The van der Waals surface area contributed by atoms with Crippen molar-refractivity contribution in [3.8, 4) is 0 Å². The molecular formula is C14H17ClFN3. The topological polar surface area (TPSA) is 29.9 Å². The molecule has 0 fully saturated rings. The van der Waals surface area contributed by atoms with E-state index in [9.17, 15) is 4.39 Å². The van der Waals surface area contributed by atoms with Gasteiger partial charge in [-0.25, -0.2) is 4.39 Å². The van der Waals surface area contributed by atoms with E-state index in [1.165, 1.54) is 0 Å². The van der Waals surface area contributed by atoms with Crippen LogP contribution in [0, 0.1) is 5.82 Å². The van der Waals surface area contributed by atoms with E-state index in [4.69, 9.17) is 11.6 Å². The number of hydrogen-bond acceptors (Lipinski definition) is 2. The van der Waals surface area contributed by atoms with Crippen LogP contribution in [-0.4, -0.2) is 16.3 Å². The fourth-order valence-electron chi connectivity index (χ4n) is 1.96. The molecule has 1 aromatic heterocycles. The van der Waals surface area contributed by atoms with Gasteiger partial charge in [0.2, 0.25) is 0 Å². The molecule has 0 radical (unpaired) electrons. The monoisotopic (exact) mass is 281 g/mol. The molecule has 1 N–H and O–H groups in total. The third kappa shape index (κ3) is 3.33. The summed E-state index contributed by atoms with van der Waals surface area (Å²) in [6.07, 6.45) is 3.73. The molecule has 5 heteroatoms. The minimum atomic E-state index is -0.374. The lowest BCUT2D eigenvalue weighted by molar-refractivity contribution is 0.582. The Hall–Kier alpha value is -1.39. The maximum absolute atomic E-state index is 13.8. The third-order valence-electron chi connectivity index (χ3n) is 3.03. The fraction of sp³-hybridized carbons (Fsp3) is 0.357. The number of benzene rings is 1. The molecule has 2 aromatic rings. The van der Waals surface area contributed by atoms with Crippen molar-refractivity contribution in [2.24, 2.45) is 0 Å². The fourth-order valence-corrected chi connectivity index (χ4v) is 2.15. The van der Waals surface area contributed by atoms with Crippen molar-refractivity contribution in [3.63, 3.8) is 0 Å². The lowest BCUT2D eigenvalue weighted by Crippen LogP contribution is -2.17. The standard InChI is InChI=1S/C14H17ClFN3/c1-3-17-10(2)12-7-18-19(9-12)8-11-5-4-6-13(15)14(11)16/h4-7,9-10,17H,3,8H2,1-2H3. The van der Waals surface area contributed by atoms with Crippen LogP contribution in [0.4, 0.5) is 4.39 Å². The molecule has 1 aromatic carbocycles. The average molecular weight is 282 g/mol. The van der Waals surface area contributed by atoms with Crippen LogP contribution in [0.1, 0.15) is 31.0 Å². The van der Waals surface area contributed by atoms with Gasteiger partial charge in [0, 0.05) is 23.4 Å². The number of hydrogen-bond donors (Lipinski definition) is 1. The normalized spacial score (nSPS) is 12.6. The van der Waals surface area contributed by atoms with Gasteiger partial charge < -0.3 is 5.32 Å². The summed E-state index contributed by atoms with van der Waals surface area (Å²) in [5, 5.41) is 7.71. The summed E-state index contributed by atoms with van der Waals surface area (Å²) in [7, 11) is 0. The highest BCUT2D eigenvalue weighted by Gasteiger charge is 2.10. The zero-order valence-corrected chi connectivity index (χ0v) is 11.8. The van der Waals surface area contributed by atoms with Gasteiger partial charge >= 0.3 is 0 Å². The maximum atomic E-state index is 13.8. The Morgan fingerprint density at radius 3 is 3.00 bits per heavy atom. The second kappa shape index (κ2) is 6.17. The van der Waals surface area contributed by atoms with Crippen molar-refractivity contribution in [1.82, 2.24) is 15.1 Å². The summed E-state index contributed by atoms with van der Waals surface area (Å²) in [6.45, 7) is 5.41. The van der Waals surface area contributed by atoms with Gasteiger partial charge in [-0.15, -0.1) is 0 Å². The van der Waals surface area contributed by atoms with Gasteiger partial charge in [-0.2, -0.15) is 5.10 Å². The van der Waals surface area contributed by atoms with E-state index in [-0.39, 0.29) is 16.9 Å². The first-order valence-corrected chi connectivity index (χ1v) is 6.68. The van der Waals surface area contributed by atoms with Gasteiger partial charge in [0.25, 0.3) is 0 Å². The van der Waals surface area contributed by atoms with Crippen molar-refractivity contribution in [2.45, 2.75) is 26.4 Å². The number of rotatable bonds is 5. The average Bonchev–Trinajstić information content (AvgIpc) is 2.84. The Labute approximate surface area is 117 Å². The molecule has 0 aliphatic carbocycles. The van der Waals surface area contributed by atoms with E-state index in [2.05, 4.69) is 24.3 Å². The molecule has 1 atom stereocenters. The first kappa shape index (κ1) is 14.0. The second-order valence-corrected chi connectivity index (χ2v) is 4.87. The summed E-state index contributed by atoms with van der Waals surface area (Å²) >= 11 is 5.76. The molecule has 2 rings (SSSR count). The minimum Gasteiger partial charge on any atom is -0.310 e. The van der Waals surface area contributed by atoms with Gasteiger partial charge in [-0.3, -0.25) is 4.68 Å². The molecule has 19 heavy (non-hydrogen) atoms. The number of aromatic nitrogens is 2. The first-order valence-electron chi connectivity index (χ1n) is 6.30. The largest absolute Gasteiger partial charge is 0.310 e. The molecule has 0 aliphatic rings. The molecule has 0 spiro atoms. The summed E-state index contributed by atoms with van der Waals surface area (Å²) in [5.41, 5.74) is 1.63. The molecular weight excluding hydrogens is 265 g/mol. The zero-order valence-electron chi connectivity index (χ0n) is 11.0. The third-order valence-corrected chi connectivity index (χ3v) is 3.32. The van der Waals surface area contributed by atoms with E-state index in [1.54, 1.807) is 29.1 Å². The van der Waals surface area contributed by atoms with Crippen molar-refractivity contribution in [2.75, 3.05) is 6.54 Å². The summed E-state index contributed by atoms with van der Waals surface area (Å²) in [6, 6.07) is 5.24. The van der Waals surface area contributed by atoms with E-state index in [0.29, 0.717) is 12.1 Å². The highest BCUT2D eigenvalue weighted by Crippen LogP contribution is 2.19. The molecule has 0 aliphatic heterocycles. The van der Waals surface area contributed by atoms with Crippen LogP contribution in [0.2, 0.25) is 5.02 Å². The van der Waals surface area contributed by atoms with Crippen LogP contribution in [-0.2, 0) is 6.54 Å². The van der Waals surface area contributed by atoms with Crippen molar-refractivity contribution in [1.29, 1.82) is 0 Å². The van der Waals surface area contributed by atoms with Crippen LogP contribution < -0.4 is 5.32 Å². The Kier molecular flexibility index (Phi) is 4.56. The molecule has 0 saturated heterocycles. The van der Waals surface area contributed by atoms with Gasteiger partial charge in [-0.05, 0) is 19.5 Å². The quantitative estimate of drug-likeness (QED) is 0.910. The van der Waals surface area contributed by atoms with Crippen LogP contribution in [0.15, 0.2) is 30.6 Å². The van der Waals surface area contributed by atoms with Crippen LogP contribution in [0.5, 0.6) is 0 Å². The van der Waals surface area contributed by atoms with E-state index in [1.807, 2.05) is 6.20 Å². The Balaban J connectivity index is 2.14. The number of nitrogens with zero attached hydrogens (tertiary/aromatic N) is 2.